The van der Waals surface area contributed by atoms with E-state index in [1.807, 2.05) is 0 Å². The third-order valence-corrected chi connectivity index (χ3v) is 3.23. The Hall–Kier alpha value is -0.0900. The highest BCUT2D eigenvalue weighted by molar-refractivity contribution is 14.1. The lowest BCUT2D eigenvalue weighted by molar-refractivity contribution is 0.413. The topological polar surface area (TPSA) is 12.0 Å². The Bertz CT molecular complexity index is 279. The van der Waals surface area contributed by atoms with Crippen LogP contribution in [0.25, 0.3) is 0 Å². The van der Waals surface area contributed by atoms with E-state index in [9.17, 15) is 0 Å². The van der Waals surface area contributed by atoms with Gasteiger partial charge < -0.3 is 5.32 Å². The minimum Gasteiger partial charge on any atom is -0.310 e. The number of nitrogens with one attached hydrogen (secondary N) is 1. The van der Waals surface area contributed by atoms with Crippen LogP contribution in [0.4, 0.5) is 0 Å². The number of hydrogen-bond donors (Lipinski definition) is 1. The van der Waals surface area contributed by atoms with Crippen LogP contribution in [0.3, 0.4) is 0 Å². The molecule has 1 atom stereocenters. The predicted octanol–water partition coefficient (Wildman–Crippen LogP) is 3.99. The second-order valence-electron chi connectivity index (χ2n) is 4.23. The molecule has 1 nitrogen and oxygen atoms in total. The molecule has 1 N–H and O–H groups in total. The first kappa shape index (κ1) is 13.0. The standard InChI is InChI=1S/C13H20IN/c1-4-9-15-13(10(2)3)11-5-7-12(14)8-6-11/h5-8,10,13,15H,4,9H2,1-3H3. The molecule has 2 heteroatoms. The highest BCUT2D eigenvalue weighted by Gasteiger charge is 2.13. The van der Waals surface area contributed by atoms with E-state index in [1.165, 1.54) is 15.6 Å². The van der Waals surface area contributed by atoms with E-state index in [0.29, 0.717) is 12.0 Å². The molecule has 0 heterocycles. The molecule has 0 aliphatic carbocycles. The van der Waals surface area contributed by atoms with E-state index in [-0.39, 0.29) is 0 Å². The average molecular weight is 317 g/mol. The zero-order chi connectivity index (χ0) is 11.3. The van der Waals surface area contributed by atoms with Gasteiger partial charge in [-0.2, -0.15) is 0 Å². The summed E-state index contributed by atoms with van der Waals surface area (Å²) in [5.41, 5.74) is 1.40. The van der Waals surface area contributed by atoms with Gasteiger partial charge >= 0.3 is 0 Å². The summed E-state index contributed by atoms with van der Waals surface area (Å²) >= 11 is 2.35. The summed E-state index contributed by atoms with van der Waals surface area (Å²) in [7, 11) is 0. The second kappa shape index (κ2) is 6.48. The monoisotopic (exact) mass is 317 g/mol. The summed E-state index contributed by atoms with van der Waals surface area (Å²) in [6.07, 6.45) is 1.19. The molecule has 0 bridgehead atoms. The summed E-state index contributed by atoms with van der Waals surface area (Å²) < 4.78 is 1.30. The first-order chi connectivity index (χ1) is 7.15. The van der Waals surface area contributed by atoms with Gasteiger partial charge in [0.1, 0.15) is 0 Å². The normalized spacial score (nSPS) is 13.1. The van der Waals surface area contributed by atoms with Crippen molar-refractivity contribution in [1.82, 2.24) is 5.32 Å². The maximum atomic E-state index is 3.60. The van der Waals surface area contributed by atoms with Crippen LogP contribution in [0, 0.1) is 9.49 Å². The molecule has 0 saturated carbocycles. The number of benzene rings is 1. The molecule has 0 saturated heterocycles. The van der Waals surface area contributed by atoms with Crippen molar-refractivity contribution in [2.24, 2.45) is 5.92 Å². The Kier molecular flexibility index (Phi) is 5.61. The lowest BCUT2D eigenvalue weighted by Gasteiger charge is -2.22. The van der Waals surface area contributed by atoms with Crippen molar-refractivity contribution in [1.29, 1.82) is 0 Å². The Morgan fingerprint density at radius 1 is 1.20 bits per heavy atom. The third kappa shape index (κ3) is 4.11. The fourth-order valence-corrected chi connectivity index (χ4v) is 2.07. The third-order valence-electron chi connectivity index (χ3n) is 2.51. The van der Waals surface area contributed by atoms with Crippen molar-refractivity contribution in [2.45, 2.75) is 33.2 Å². The Morgan fingerprint density at radius 2 is 1.80 bits per heavy atom. The van der Waals surface area contributed by atoms with E-state index in [0.717, 1.165) is 6.54 Å². The van der Waals surface area contributed by atoms with Gasteiger partial charge in [-0.3, -0.25) is 0 Å². The molecule has 0 fully saturated rings. The Balaban J connectivity index is 2.74. The molecule has 0 aliphatic rings. The maximum Gasteiger partial charge on any atom is 0.0343 e. The summed E-state index contributed by atoms with van der Waals surface area (Å²) in [6.45, 7) is 7.84. The van der Waals surface area contributed by atoms with E-state index in [4.69, 9.17) is 0 Å². The van der Waals surface area contributed by atoms with Crippen LogP contribution in [0.5, 0.6) is 0 Å². The summed E-state index contributed by atoms with van der Waals surface area (Å²) in [5, 5.41) is 3.60. The van der Waals surface area contributed by atoms with Gasteiger partial charge in [0.05, 0.1) is 0 Å². The molecule has 15 heavy (non-hydrogen) atoms. The first-order valence-electron chi connectivity index (χ1n) is 5.64. The number of halogens is 1. The number of rotatable bonds is 5. The zero-order valence-electron chi connectivity index (χ0n) is 9.76. The van der Waals surface area contributed by atoms with Crippen LogP contribution in [0.2, 0.25) is 0 Å². The fraction of sp³-hybridized carbons (Fsp3) is 0.538. The first-order valence-corrected chi connectivity index (χ1v) is 6.72. The smallest absolute Gasteiger partial charge is 0.0343 e. The molecule has 1 rings (SSSR count). The summed E-state index contributed by atoms with van der Waals surface area (Å²) in [6, 6.07) is 9.31. The molecule has 0 aromatic heterocycles. The quantitative estimate of drug-likeness (QED) is 0.810. The van der Waals surface area contributed by atoms with Gasteiger partial charge in [0, 0.05) is 9.61 Å². The molecule has 1 unspecified atom stereocenters. The second-order valence-corrected chi connectivity index (χ2v) is 5.47. The molecular weight excluding hydrogens is 297 g/mol. The predicted molar refractivity (Wildman–Crippen MR) is 75.0 cm³/mol. The lowest BCUT2D eigenvalue weighted by Crippen LogP contribution is -2.26. The highest BCUT2D eigenvalue weighted by atomic mass is 127. The van der Waals surface area contributed by atoms with Crippen molar-refractivity contribution in [3.63, 3.8) is 0 Å². The van der Waals surface area contributed by atoms with Gasteiger partial charge in [-0.1, -0.05) is 32.9 Å². The average Bonchev–Trinajstić information content (AvgIpc) is 2.21. The van der Waals surface area contributed by atoms with E-state index >= 15 is 0 Å². The lowest BCUT2D eigenvalue weighted by atomic mass is 9.96. The maximum absolute atomic E-state index is 3.60. The molecule has 84 valence electrons. The van der Waals surface area contributed by atoms with Gasteiger partial charge in [-0.05, 0) is 59.2 Å². The van der Waals surface area contributed by atoms with Crippen molar-refractivity contribution in [2.75, 3.05) is 6.54 Å². The molecule has 1 aromatic rings. The Morgan fingerprint density at radius 3 is 2.27 bits per heavy atom. The van der Waals surface area contributed by atoms with Gasteiger partial charge in [-0.15, -0.1) is 0 Å². The van der Waals surface area contributed by atoms with Crippen LogP contribution in [0.15, 0.2) is 24.3 Å². The van der Waals surface area contributed by atoms with Crippen LogP contribution in [-0.4, -0.2) is 6.54 Å². The van der Waals surface area contributed by atoms with Crippen molar-refractivity contribution < 1.29 is 0 Å². The van der Waals surface area contributed by atoms with Gasteiger partial charge in [0.25, 0.3) is 0 Å². The van der Waals surface area contributed by atoms with Crippen LogP contribution in [0.1, 0.15) is 38.8 Å². The molecule has 0 spiro atoms. The fourth-order valence-electron chi connectivity index (χ4n) is 1.71. The van der Waals surface area contributed by atoms with Crippen molar-refractivity contribution in [3.05, 3.63) is 33.4 Å². The van der Waals surface area contributed by atoms with Gasteiger partial charge in [0.15, 0.2) is 0 Å². The molecule has 1 aromatic carbocycles. The SMILES string of the molecule is CCCNC(c1ccc(I)cc1)C(C)C. The van der Waals surface area contributed by atoms with Crippen LogP contribution >= 0.6 is 22.6 Å². The molecular formula is C13H20IN. The van der Waals surface area contributed by atoms with Crippen molar-refractivity contribution >= 4 is 22.6 Å². The van der Waals surface area contributed by atoms with Gasteiger partial charge in [-0.25, -0.2) is 0 Å². The summed E-state index contributed by atoms with van der Waals surface area (Å²) in [5.74, 6) is 0.636. The van der Waals surface area contributed by atoms with Gasteiger partial charge in [0.2, 0.25) is 0 Å². The van der Waals surface area contributed by atoms with Crippen LogP contribution < -0.4 is 5.32 Å². The zero-order valence-corrected chi connectivity index (χ0v) is 11.9. The molecule has 0 aliphatic heterocycles. The minimum absolute atomic E-state index is 0.488. The van der Waals surface area contributed by atoms with Crippen LogP contribution in [-0.2, 0) is 0 Å². The van der Waals surface area contributed by atoms with E-state index in [2.05, 4.69) is 72.9 Å². The minimum atomic E-state index is 0.488. The largest absolute Gasteiger partial charge is 0.310 e. The highest BCUT2D eigenvalue weighted by Crippen LogP contribution is 2.22. The molecule has 0 amide bonds. The van der Waals surface area contributed by atoms with E-state index in [1.54, 1.807) is 0 Å². The van der Waals surface area contributed by atoms with Crippen molar-refractivity contribution in [3.8, 4) is 0 Å². The van der Waals surface area contributed by atoms with E-state index < -0.39 is 0 Å². The molecule has 0 radical (unpaired) electrons. The summed E-state index contributed by atoms with van der Waals surface area (Å²) in [4.78, 5) is 0. The Labute approximate surface area is 107 Å². The number of hydrogen-bond acceptors (Lipinski definition) is 1.